The van der Waals surface area contributed by atoms with Crippen molar-refractivity contribution in [1.29, 1.82) is 0 Å². The molecule has 1 aromatic heterocycles. The number of ether oxygens (including phenoxy) is 1. The highest BCUT2D eigenvalue weighted by Crippen LogP contribution is 2.35. The fraction of sp³-hybridized carbons (Fsp3) is 0.706. The SMILES string of the molecule is CCNC(C1CN(CC)CCO1)C1CCc2cccnc21. The lowest BCUT2D eigenvalue weighted by Gasteiger charge is -2.39. The van der Waals surface area contributed by atoms with E-state index in [0.29, 0.717) is 12.0 Å². The fourth-order valence-electron chi connectivity index (χ4n) is 3.80. The van der Waals surface area contributed by atoms with Crippen LogP contribution in [0.25, 0.3) is 0 Å². The lowest BCUT2D eigenvalue weighted by molar-refractivity contribution is -0.0493. The Balaban J connectivity index is 1.79. The molecule has 21 heavy (non-hydrogen) atoms. The summed E-state index contributed by atoms with van der Waals surface area (Å²) in [4.78, 5) is 7.16. The Morgan fingerprint density at radius 3 is 3.19 bits per heavy atom. The van der Waals surface area contributed by atoms with Gasteiger partial charge in [-0.05, 0) is 37.6 Å². The maximum absolute atomic E-state index is 6.12. The van der Waals surface area contributed by atoms with Gasteiger partial charge in [-0.1, -0.05) is 19.9 Å². The number of likely N-dealkylation sites (N-methyl/N-ethyl adjacent to an activating group) is 2. The standard InChI is InChI=1S/C17H27N3O/c1-3-18-17(15-12-20(4-2)10-11-21-15)14-8-7-13-6-5-9-19-16(13)14/h5-6,9,14-15,17-18H,3-4,7-8,10-12H2,1-2H3. The summed E-state index contributed by atoms with van der Waals surface area (Å²) in [6.45, 7) is 9.45. The third kappa shape index (κ3) is 3.12. The van der Waals surface area contributed by atoms with Crippen molar-refractivity contribution in [2.45, 2.75) is 44.8 Å². The van der Waals surface area contributed by atoms with Crippen LogP contribution in [0.4, 0.5) is 0 Å². The van der Waals surface area contributed by atoms with Crippen LogP contribution in [-0.2, 0) is 11.2 Å². The minimum Gasteiger partial charge on any atom is -0.374 e. The molecule has 2 aliphatic rings. The molecule has 0 spiro atoms. The molecule has 3 unspecified atom stereocenters. The average molecular weight is 289 g/mol. The van der Waals surface area contributed by atoms with Crippen LogP contribution in [0.5, 0.6) is 0 Å². The van der Waals surface area contributed by atoms with E-state index in [2.05, 4.69) is 41.2 Å². The van der Waals surface area contributed by atoms with Crippen LogP contribution < -0.4 is 5.32 Å². The highest BCUT2D eigenvalue weighted by atomic mass is 16.5. The Bertz CT molecular complexity index is 465. The summed E-state index contributed by atoms with van der Waals surface area (Å²) < 4.78 is 6.12. The van der Waals surface area contributed by atoms with Crippen molar-refractivity contribution in [2.24, 2.45) is 0 Å². The van der Waals surface area contributed by atoms with E-state index < -0.39 is 0 Å². The summed E-state index contributed by atoms with van der Waals surface area (Å²) in [7, 11) is 0. The second-order valence-electron chi connectivity index (χ2n) is 6.08. The number of aromatic nitrogens is 1. The summed E-state index contributed by atoms with van der Waals surface area (Å²) in [5, 5.41) is 3.69. The van der Waals surface area contributed by atoms with Crippen LogP contribution in [0.3, 0.4) is 0 Å². The smallest absolute Gasteiger partial charge is 0.0861 e. The molecule has 1 aliphatic heterocycles. The minimum absolute atomic E-state index is 0.275. The largest absolute Gasteiger partial charge is 0.374 e. The Morgan fingerprint density at radius 1 is 1.48 bits per heavy atom. The van der Waals surface area contributed by atoms with E-state index in [4.69, 9.17) is 4.74 Å². The first-order chi connectivity index (χ1) is 10.3. The van der Waals surface area contributed by atoms with Crippen LogP contribution in [-0.4, -0.2) is 54.8 Å². The Morgan fingerprint density at radius 2 is 2.38 bits per heavy atom. The molecule has 3 atom stereocenters. The number of hydrogen-bond acceptors (Lipinski definition) is 4. The van der Waals surface area contributed by atoms with Crippen molar-refractivity contribution >= 4 is 0 Å². The summed E-state index contributed by atoms with van der Waals surface area (Å²) >= 11 is 0. The van der Waals surface area contributed by atoms with Crippen molar-refractivity contribution in [3.8, 4) is 0 Å². The lowest BCUT2D eigenvalue weighted by atomic mass is 9.91. The van der Waals surface area contributed by atoms with Crippen molar-refractivity contribution in [1.82, 2.24) is 15.2 Å². The van der Waals surface area contributed by atoms with Gasteiger partial charge in [0.05, 0.1) is 12.7 Å². The van der Waals surface area contributed by atoms with Crippen LogP contribution in [0.15, 0.2) is 18.3 Å². The van der Waals surface area contributed by atoms with Gasteiger partial charge in [-0.3, -0.25) is 9.88 Å². The first kappa shape index (κ1) is 14.9. The first-order valence-electron chi connectivity index (χ1n) is 8.34. The van der Waals surface area contributed by atoms with Crippen molar-refractivity contribution in [2.75, 3.05) is 32.8 Å². The Labute approximate surface area is 127 Å². The summed E-state index contributed by atoms with van der Waals surface area (Å²) in [5.41, 5.74) is 2.72. The van der Waals surface area contributed by atoms with Gasteiger partial charge in [-0.2, -0.15) is 0 Å². The van der Waals surface area contributed by atoms with Crippen LogP contribution in [0, 0.1) is 0 Å². The molecule has 1 fully saturated rings. The topological polar surface area (TPSA) is 37.4 Å². The van der Waals surface area contributed by atoms with E-state index in [1.807, 2.05) is 6.20 Å². The molecule has 2 heterocycles. The monoisotopic (exact) mass is 289 g/mol. The van der Waals surface area contributed by atoms with Gasteiger partial charge in [-0.25, -0.2) is 0 Å². The molecule has 0 amide bonds. The van der Waals surface area contributed by atoms with Gasteiger partial charge in [0, 0.05) is 36.9 Å². The zero-order chi connectivity index (χ0) is 14.7. The summed E-state index contributed by atoms with van der Waals surface area (Å²) in [6.07, 6.45) is 4.55. The quantitative estimate of drug-likeness (QED) is 0.897. The van der Waals surface area contributed by atoms with Crippen molar-refractivity contribution in [3.63, 3.8) is 0 Å². The average Bonchev–Trinajstić information content (AvgIpc) is 2.96. The summed E-state index contributed by atoms with van der Waals surface area (Å²) in [6, 6.07) is 4.66. The molecule has 0 bridgehead atoms. The molecular weight excluding hydrogens is 262 g/mol. The second kappa shape index (κ2) is 6.86. The van der Waals surface area contributed by atoms with Crippen molar-refractivity contribution < 1.29 is 4.74 Å². The maximum Gasteiger partial charge on any atom is 0.0861 e. The van der Waals surface area contributed by atoms with Gasteiger partial charge in [0.1, 0.15) is 0 Å². The number of nitrogens with zero attached hydrogens (tertiary/aromatic N) is 2. The minimum atomic E-state index is 0.275. The maximum atomic E-state index is 6.12. The van der Waals surface area contributed by atoms with E-state index >= 15 is 0 Å². The highest BCUT2D eigenvalue weighted by Gasteiger charge is 2.37. The fourth-order valence-corrected chi connectivity index (χ4v) is 3.80. The number of fused-ring (bicyclic) bond motifs is 1. The molecule has 0 radical (unpaired) electrons. The van der Waals surface area contributed by atoms with Gasteiger partial charge >= 0.3 is 0 Å². The highest BCUT2D eigenvalue weighted by molar-refractivity contribution is 5.30. The van der Waals surface area contributed by atoms with Gasteiger partial charge in [0.15, 0.2) is 0 Å². The number of rotatable bonds is 5. The first-order valence-corrected chi connectivity index (χ1v) is 8.34. The third-order valence-electron chi connectivity index (χ3n) is 4.90. The molecule has 0 saturated carbocycles. The number of nitrogens with one attached hydrogen (secondary N) is 1. The predicted octanol–water partition coefficient (Wildman–Crippen LogP) is 1.81. The number of pyridine rings is 1. The predicted molar refractivity (Wildman–Crippen MR) is 84.6 cm³/mol. The van der Waals surface area contributed by atoms with Gasteiger partial charge in [-0.15, -0.1) is 0 Å². The Hall–Kier alpha value is -0.970. The van der Waals surface area contributed by atoms with E-state index in [1.54, 1.807) is 0 Å². The molecule has 0 aromatic carbocycles. The van der Waals surface area contributed by atoms with E-state index in [-0.39, 0.29) is 6.10 Å². The molecule has 1 aliphatic carbocycles. The normalized spacial score (nSPS) is 27.5. The van der Waals surface area contributed by atoms with Gasteiger partial charge < -0.3 is 10.1 Å². The lowest BCUT2D eigenvalue weighted by Crippen LogP contribution is -2.54. The number of hydrogen-bond donors (Lipinski definition) is 1. The third-order valence-corrected chi connectivity index (χ3v) is 4.90. The Kier molecular flexibility index (Phi) is 4.88. The van der Waals surface area contributed by atoms with E-state index in [9.17, 15) is 0 Å². The second-order valence-corrected chi connectivity index (χ2v) is 6.08. The van der Waals surface area contributed by atoms with Crippen LogP contribution in [0.2, 0.25) is 0 Å². The number of morpholine rings is 1. The molecular formula is C17H27N3O. The molecule has 116 valence electrons. The summed E-state index contributed by atoms with van der Waals surface area (Å²) in [5.74, 6) is 0.489. The molecule has 1 aromatic rings. The van der Waals surface area contributed by atoms with E-state index in [1.165, 1.54) is 17.7 Å². The zero-order valence-electron chi connectivity index (χ0n) is 13.2. The molecule has 4 nitrogen and oxygen atoms in total. The van der Waals surface area contributed by atoms with Crippen molar-refractivity contribution in [3.05, 3.63) is 29.6 Å². The molecule has 3 rings (SSSR count). The molecule has 1 saturated heterocycles. The van der Waals surface area contributed by atoms with Crippen LogP contribution >= 0.6 is 0 Å². The zero-order valence-corrected chi connectivity index (χ0v) is 13.2. The van der Waals surface area contributed by atoms with Gasteiger partial charge in [0.25, 0.3) is 0 Å². The molecule has 1 N–H and O–H groups in total. The number of aryl methyl sites for hydroxylation is 1. The molecule has 4 heteroatoms. The van der Waals surface area contributed by atoms with Gasteiger partial charge in [0.2, 0.25) is 0 Å². The van der Waals surface area contributed by atoms with E-state index in [0.717, 1.165) is 39.2 Å². The van der Waals surface area contributed by atoms with Crippen LogP contribution in [0.1, 0.15) is 37.4 Å².